The first kappa shape index (κ1) is 23.2. The number of nitrogens with zero attached hydrogens (tertiary/aromatic N) is 2. The van der Waals surface area contributed by atoms with E-state index in [2.05, 4.69) is 41.6 Å². The van der Waals surface area contributed by atoms with Gasteiger partial charge in [-0.1, -0.05) is 26.0 Å². The molecule has 1 aromatic carbocycles. The second-order valence-corrected chi connectivity index (χ2v) is 7.78. The third-order valence-electron chi connectivity index (χ3n) is 5.02. The summed E-state index contributed by atoms with van der Waals surface area (Å²) < 4.78 is 5.51. The molecule has 3 N–H and O–H groups in total. The van der Waals surface area contributed by atoms with Gasteiger partial charge in [0.2, 0.25) is 0 Å². The lowest BCUT2D eigenvalue weighted by Crippen LogP contribution is -2.51. The van der Waals surface area contributed by atoms with Gasteiger partial charge in [-0.25, -0.2) is 4.99 Å². The van der Waals surface area contributed by atoms with Crippen LogP contribution < -0.4 is 16.0 Å². The van der Waals surface area contributed by atoms with E-state index in [1.54, 1.807) is 7.05 Å². The van der Waals surface area contributed by atoms with Crippen LogP contribution in [-0.4, -0.2) is 69.2 Å². The van der Waals surface area contributed by atoms with E-state index in [-0.39, 0.29) is 5.91 Å². The number of guanidine groups is 1. The smallest absolute Gasteiger partial charge is 0.251 e. The molecule has 29 heavy (non-hydrogen) atoms. The Bertz CT molecular complexity index is 639. The lowest BCUT2D eigenvalue weighted by molar-refractivity contribution is 0.0132. The fraction of sp³-hybridized carbons (Fsp3) is 0.636. The summed E-state index contributed by atoms with van der Waals surface area (Å²) in [5, 5.41) is 9.50. The highest BCUT2D eigenvalue weighted by molar-refractivity contribution is 5.93. The maximum Gasteiger partial charge on any atom is 0.251 e. The van der Waals surface area contributed by atoms with E-state index in [1.165, 1.54) is 0 Å². The number of rotatable bonds is 9. The van der Waals surface area contributed by atoms with Gasteiger partial charge >= 0.3 is 0 Å². The number of ether oxygens (including phenoxy) is 1. The first-order valence-electron chi connectivity index (χ1n) is 10.7. The lowest BCUT2D eigenvalue weighted by Gasteiger charge is -2.35. The molecule has 1 saturated heterocycles. The SMILES string of the molecule is CCNC(=NCc1ccc(C(=O)NC)cc1)NCC(CC(C)C)N1CCOCC1. The zero-order valence-corrected chi connectivity index (χ0v) is 18.3. The highest BCUT2D eigenvalue weighted by Crippen LogP contribution is 2.13. The molecule has 0 aromatic heterocycles. The van der Waals surface area contributed by atoms with Gasteiger partial charge < -0.3 is 20.7 Å². The highest BCUT2D eigenvalue weighted by Gasteiger charge is 2.22. The molecule has 7 nitrogen and oxygen atoms in total. The molecule has 2 rings (SSSR count). The number of nitrogens with one attached hydrogen (secondary N) is 3. The van der Waals surface area contributed by atoms with Crippen LogP contribution in [0.2, 0.25) is 0 Å². The number of benzene rings is 1. The van der Waals surface area contributed by atoms with Crippen LogP contribution in [0.5, 0.6) is 0 Å². The van der Waals surface area contributed by atoms with E-state index < -0.39 is 0 Å². The summed E-state index contributed by atoms with van der Waals surface area (Å²) in [7, 11) is 1.64. The minimum Gasteiger partial charge on any atom is -0.379 e. The molecule has 0 spiro atoms. The molecule has 1 fully saturated rings. The average molecular weight is 404 g/mol. The van der Waals surface area contributed by atoms with Crippen LogP contribution in [-0.2, 0) is 11.3 Å². The van der Waals surface area contributed by atoms with Crippen molar-refractivity contribution >= 4 is 11.9 Å². The van der Waals surface area contributed by atoms with Gasteiger partial charge in [0.25, 0.3) is 5.91 Å². The van der Waals surface area contributed by atoms with E-state index in [0.717, 1.165) is 57.3 Å². The zero-order valence-electron chi connectivity index (χ0n) is 18.3. The number of hydrogen-bond donors (Lipinski definition) is 3. The van der Waals surface area contributed by atoms with Gasteiger partial charge in [-0.2, -0.15) is 0 Å². The minimum absolute atomic E-state index is 0.0747. The lowest BCUT2D eigenvalue weighted by atomic mass is 10.0. The Morgan fingerprint density at radius 2 is 1.86 bits per heavy atom. The summed E-state index contributed by atoms with van der Waals surface area (Å²) in [5.74, 6) is 1.39. The summed E-state index contributed by atoms with van der Waals surface area (Å²) in [4.78, 5) is 18.9. The molecule has 1 atom stereocenters. The van der Waals surface area contributed by atoms with E-state index in [4.69, 9.17) is 9.73 Å². The van der Waals surface area contributed by atoms with Crippen molar-refractivity contribution in [3.63, 3.8) is 0 Å². The van der Waals surface area contributed by atoms with Gasteiger partial charge in [0.1, 0.15) is 0 Å². The monoisotopic (exact) mass is 403 g/mol. The molecule has 1 heterocycles. The number of aliphatic imine (C=N–C) groups is 1. The molecule has 0 aliphatic carbocycles. The fourth-order valence-corrected chi connectivity index (χ4v) is 3.48. The number of morpholine rings is 1. The summed E-state index contributed by atoms with van der Waals surface area (Å²) in [5.41, 5.74) is 1.73. The number of carbonyl (C=O) groups is 1. The van der Waals surface area contributed by atoms with Crippen molar-refractivity contribution in [2.75, 3.05) is 46.4 Å². The van der Waals surface area contributed by atoms with Gasteiger partial charge in [-0.15, -0.1) is 0 Å². The minimum atomic E-state index is -0.0747. The quantitative estimate of drug-likeness (QED) is 0.433. The van der Waals surface area contributed by atoms with Crippen molar-refractivity contribution in [2.24, 2.45) is 10.9 Å². The third-order valence-corrected chi connectivity index (χ3v) is 5.02. The van der Waals surface area contributed by atoms with E-state index in [1.807, 2.05) is 24.3 Å². The molecule has 0 saturated carbocycles. The largest absolute Gasteiger partial charge is 0.379 e. The normalized spacial score (nSPS) is 16.5. The molecule has 0 radical (unpaired) electrons. The van der Waals surface area contributed by atoms with Crippen molar-refractivity contribution in [3.8, 4) is 0 Å². The van der Waals surface area contributed by atoms with Crippen LogP contribution in [0.15, 0.2) is 29.3 Å². The molecule has 7 heteroatoms. The van der Waals surface area contributed by atoms with Crippen LogP contribution in [0.3, 0.4) is 0 Å². The second-order valence-electron chi connectivity index (χ2n) is 7.78. The Kier molecular flexibility index (Phi) is 9.94. The average Bonchev–Trinajstić information content (AvgIpc) is 2.74. The summed E-state index contributed by atoms with van der Waals surface area (Å²) in [6, 6.07) is 8.04. The fourth-order valence-electron chi connectivity index (χ4n) is 3.48. The van der Waals surface area contributed by atoms with Crippen LogP contribution in [0, 0.1) is 5.92 Å². The van der Waals surface area contributed by atoms with Crippen molar-refractivity contribution in [1.29, 1.82) is 0 Å². The molecular formula is C22H37N5O2. The van der Waals surface area contributed by atoms with Gasteiger partial charge in [0.05, 0.1) is 19.8 Å². The Morgan fingerprint density at radius 3 is 2.45 bits per heavy atom. The first-order valence-corrected chi connectivity index (χ1v) is 10.7. The first-order chi connectivity index (χ1) is 14.0. The van der Waals surface area contributed by atoms with E-state index in [9.17, 15) is 4.79 Å². The number of hydrogen-bond acceptors (Lipinski definition) is 4. The Balaban J connectivity index is 1.96. The molecule has 0 bridgehead atoms. The highest BCUT2D eigenvalue weighted by atomic mass is 16.5. The van der Waals surface area contributed by atoms with Crippen LogP contribution in [0.1, 0.15) is 43.1 Å². The summed E-state index contributed by atoms with van der Waals surface area (Å²) in [6.45, 7) is 12.5. The molecule has 1 unspecified atom stereocenters. The van der Waals surface area contributed by atoms with Crippen molar-refractivity contribution in [3.05, 3.63) is 35.4 Å². The predicted octanol–water partition coefficient (Wildman–Crippen LogP) is 1.85. The molecule has 162 valence electrons. The van der Waals surface area contributed by atoms with E-state index >= 15 is 0 Å². The Hall–Kier alpha value is -2.12. The number of amides is 1. The predicted molar refractivity (Wildman–Crippen MR) is 118 cm³/mol. The van der Waals surface area contributed by atoms with Gasteiger partial charge in [0.15, 0.2) is 5.96 Å². The van der Waals surface area contributed by atoms with Crippen molar-refractivity contribution in [2.45, 2.75) is 39.8 Å². The molecule has 1 aromatic rings. The molecule has 1 amide bonds. The van der Waals surface area contributed by atoms with Gasteiger partial charge in [-0.05, 0) is 37.0 Å². The standard InChI is InChI=1S/C22H37N5O2/c1-5-24-22(25-15-18-6-8-19(9-7-18)21(28)23-4)26-16-20(14-17(2)3)27-10-12-29-13-11-27/h6-9,17,20H,5,10-16H2,1-4H3,(H,23,28)(H2,24,25,26). The van der Waals surface area contributed by atoms with Crippen LogP contribution in [0.4, 0.5) is 0 Å². The van der Waals surface area contributed by atoms with Gasteiger partial charge in [-0.3, -0.25) is 9.69 Å². The van der Waals surface area contributed by atoms with Crippen LogP contribution >= 0.6 is 0 Å². The summed E-state index contributed by atoms with van der Waals surface area (Å²) in [6.07, 6.45) is 1.15. The molecular weight excluding hydrogens is 366 g/mol. The molecule has 1 aliphatic heterocycles. The van der Waals surface area contributed by atoms with Crippen molar-refractivity contribution < 1.29 is 9.53 Å². The maximum absolute atomic E-state index is 11.7. The van der Waals surface area contributed by atoms with E-state index in [0.29, 0.717) is 24.1 Å². The molecule has 1 aliphatic rings. The zero-order chi connectivity index (χ0) is 21.1. The number of carbonyl (C=O) groups excluding carboxylic acids is 1. The Labute approximate surface area is 175 Å². The van der Waals surface area contributed by atoms with Crippen molar-refractivity contribution in [1.82, 2.24) is 20.9 Å². The third kappa shape index (κ3) is 8.03. The second kappa shape index (κ2) is 12.4. The van der Waals surface area contributed by atoms with Crippen LogP contribution in [0.25, 0.3) is 0 Å². The summed E-state index contributed by atoms with van der Waals surface area (Å²) >= 11 is 0. The topological polar surface area (TPSA) is 78.0 Å². The Morgan fingerprint density at radius 1 is 1.17 bits per heavy atom. The maximum atomic E-state index is 11.7. The van der Waals surface area contributed by atoms with Gasteiger partial charge in [0, 0.05) is 44.8 Å².